The third kappa shape index (κ3) is 40.0. The Morgan fingerprint density at radius 1 is 0.500 bits per heavy atom. The van der Waals surface area contributed by atoms with E-state index in [2.05, 4.69) is 43.5 Å². The molecule has 3 N–H and O–H groups in total. The van der Waals surface area contributed by atoms with Crippen LogP contribution in [-0.2, 0) is 14.3 Å². The van der Waals surface area contributed by atoms with Gasteiger partial charge in [0.05, 0.1) is 25.4 Å². The molecule has 0 heterocycles. The van der Waals surface area contributed by atoms with Gasteiger partial charge in [-0.1, -0.05) is 186 Å². The van der Waals surface area contributed by atoms with Crippen LogP contribution in [0.5, 0.6) is 0 Å². The summed E-state index contributed by atoms with van der Waals surface area (Å²) in [5.41, 5.74) is 0. The van der Waals surface area contributed by atoms with Gasteiger partial charge in [-0.2, -0.15) is 0 Å². The van der Waals surface area contributed by atoms with E-state index >= 15 is 0 Å². The molecule has 0 saturated carbocycles. The monoisotopic (exact) mass is 762 g/mol. The van der Waals surface area contributed by atoms with Crippen molar-refractivity contribution in [1.29, 1.82) is 0 Å². The average Bonchev–Trinajstić information content (AvgIpc) is 3.17. The summed E-state index contributed by atoms with van der Waals surface area (Å²) in [6.45, 7) is 4.83. The summed E-state index contributed by atoms with van der Waals surface area (Å²) < 4.78 is 5.44. The number of allylic oxidation sites excluding steroid dienone is 4. The first-order valence-electron chi connectivity index (χ1n) is 23.6. The SMILES string of the molecule is CCCCCCCCC/C=C\CCCCCCCCCC(=O)OCCCCCC/C=C\CCCC(=O)NC(CO)C(O)CCCCCCCCCCCC. The second-order valence-corrected chi connectivity index (χ2v) is 16.1. The number of carbonyl (C=O) groups excluding carboxylic acids is 2. The fourth-order valence-electron chi connectivity index (χ4n) is 7.05. The summed E-state index contributed by atoms with van der Waals surface area (Å²) in [6.07, 6.45) is 50.1. The summed E-state index contributed by atoms with van der Waals surface area (Å²) in [5, 5.41) is 23.0. The van der Waals surface area contributed by atoms with Crippen molar-refractivity contribution in [2.45, 2.75) is 257 Å². The summed E-state index contributed by atoms with van der Waals surface area (Å²) in [4.78, 5) is 24.4. The molecule has 6 heteroatoms. The highest BCUT2D eigenvalue weighted by atomic mass is 16.5. The molecule has 0 aliphatic rings. The maximum atomic E-state index is 12.4. The van der Waals surface area contributed by atoms with E-state index in [1.54, 1.807) is 0 Å². The van der Waals surface area contributed by atoms with Crippen molar-refractivity contribution in [3.63, 3.8) is 0 Å². The lowest BCUT2D eigenvalue weighted by Gasteiger charge is -2.22. The molecule has 0 aromatic heterocycles. The predicted octanol–water partition coefficient (Wildman–Crippen LogP) is 13.6. The zero-order chi connectivity index (χ0) is 39.4. The summed E-state index contributed by atoms with van der Waals surface area (Å²) >= 11 is 0. The van der Waals surface area contributed by atoms with Crippen molar-refractivity contribution in [3.05, 3.63) is 24.3 Å². The summed E-state index contributed by atoms with van der Waals surface area (Å²) in [7, 11) is 0. The molecule has 0 aromatic carbocycles. The first-order chi connectivity index (χ1) is 26.5. The summed E-state index contributed by atoms with van der Waals surface area (Å²) in [5.74, 6) is -0.138. The minimum Gasteiger partial charge on any atom is -0.466 e. The highest BCUT2D eigenvalue weighted by Gasteiger charge is 2.19. The largest absolute Gasteiger partial charge is 0.466 e. The molecule has 0 radical (unpaired) electrons. The van der Waals surface area contributed by atoms with E-state index in [9.17, 15) is 19.8 Å². The molecule has 0 bridgehead atoms. The topological polar surface area (TPSA) is 95.9 Å². The highest BCUT2D eigenvalue weighted by Crippen LogP contribution is 2.15. The molecule has 0 saturated heterocycles. The Labute approximate surface area is 335 Å². The zero-order valence-corrected chi connectivity index (χ0v) is 36.0. The van der Waals surface area contributed by atoms with Crippen molar-refractivity contribution in [2.24, 2.45) is 0 Å². The van der Waals surface area contributed by atoms with Crippen LogP contribution in [0.1, 0.15) is 245 Å². The Bertz CT molecular complexity index is 843. The normalized spacial score (nSPS) is 12.9. The van der Waals surface area contributed by atoms with Gasteiger partial charge in [0, 0.05) is 12.8 Å². The molecule has 0 rings (SSSR count). The van der Waals surface area contributed by atoms with E-state index in [1.165, 1.54) is 141 Å². The van der Waals surface area contributed by atoms with Crippen molar-refractivity contribution < 1.29 is 24.5 Å². The first-order valence-corrected chi connectivity index (χ1v) is 23.6. The number of hydrogen-bond donors (Lipinski definition) is 3. The fraction of sp³-hybridized carbons (Fsp3) is 0.875. The molecule has 0 aliphatic heterocycles. The molecule has 6 nitrogen and oxygen atoms in total. The predicted molar refractivity (Wildman–Crippen MR) is 232 cm³/mol. The van der Waals surface area contributed by atoms with Crippen molar-refractivity contribution in [1.82, 2.24) is 5.32 Å². The molecule has 54 heavy (non-hydrogen) atoms. The number of esters is 1. The van der Waals surface area contributed by atoms with Gasteiger partial charge in [-0.3, -0.25) is 9.59 Å². The van der Waals surface area contributed by atoms with Crippen molar-refractivity contribution in [3.8, 4) is 0 Å². The molecule has 1 amide bonds. The lowest BCUT2D eigenvalue weighted by Crippen LogP contribution is -2.45. The number of nitrogens with one attached hydrogen (secondary N) is 1. The Kier molecular flexibility index (Phi) is 42.7. The van der Waals surface area contributed by atoms with Gasteiger partial charge in [0.1, 0.15) is 0 Å². The Morgan fingerprint density at radius 2 is 0.889 bits per heavy atom. The third-order valence-electron chi connectivity index (χ3n) is 10.7. The molecule has 318 valence electrons. The minimum atomic E-state index is -0.693. The van der Waals surface area contributed by atoms with Crippen LogP contribution in [0.25, 0.3) is 0 Å². The molecular formula is C48H91NO5. The van der Waals surface area contributed by atoms with E-state index in [0.29, 0.717) is 25.9 Å². The maximum Gasteiger partial charge on any atom is 0.305 e. The van der Waals surface area contributed by atoms with Gasteiger partial charge in [-0.15, -0.1) is 0 Å². The molecular weight excluding hydrogens is 671 g/mol. The number of unbranched alkanes of at least 4 members (excludes halogenated alkanes) is 28. The number of aliphatic hydroxyl groups is 2. The Morgan fingerprint density at radius 3 is 1.35 bits per heavy atom. The molecule has 0 aromatic rings. The lowest BCUT2D eigenvalue weighted by molar-refractivity contribution is -0.143. The smallest absolute Gasteiger partial charge is 0.305 e. The van der Waals surface area contributed by atoms with Crippen LogP contribution in [0.3, 0.4) is 0 Å². The van der Waals surface area contributed by atoms with E-state index in [-0.39, 0.29) is 18.5 Å². The molecule has 2 atom stereocenters. The summed E-state index contributed by atoms with van der Waals surface area (Å²) in [6, 6.07) is -0.577. The van der Waals surface area contributed by atoms with E-state index in [4.69, 9.17) is 4.74 Å². The number of carbonyl (C=O) groups is 2. The minimum absolute atomic E-state index is 0.0395. The number of ether oxygens (including phenoxy) is 1. The van der Waals surface area contributed by atoms with E-state index in [0.717, 1.165) is 70.6 Å². The van der Waals surface area contributed by atoms with Gasteiger partial charge in [-0.25, -0.2) is 0 Å². The van der Waals surface area contributed by atoms with Gasteiger partial charge in [0.15, 0.2) is 0 Å². The molecule has 0 fully saturated rings. The second-order valence-electron chi connectivity index (χ2n) is 16.1. The molecule has 0 spiro atoms. The third-order valence-corrected chi connectivity index (χ3v) is 10.7. The number of rotatable bonds is 43. The van der Waals surface area contributed by atoms with Crippen LogP contribution < -0.4 is 5.32 Å². The van der Waals surface area contributed by atoms with Gasteiger partial charge in [0.2, 0.25) is 5.91 Å². The maximum absolute atomic E-state index is 12.4. The molecule has 2 unspecified atom stereocenters. The first kappa shape index (κ1) is 52.3. The fourth-order valence-corrected chi connectivity index (χ4v) is 7.05. The van der Waals surface area contributed by atoms with Crippen LogP contribution in [0.4, 0.5) is 0 Å². The Hall–Kier alpha value is -1.66. The number of aliphatic hydroxyl groups excluding tert-OH is 2. The van der Waals surface area contributed by atoms with E-state index in [1.807, 2.05) is 0 Å². The quantitative estimate of drug-likeness (QED) is 0.0327. The van der Waals surface area contributed by atoms with Crippen LogP contribution in [0, 0.1) is 0 Å². The van der Waals surface area contributed by atoms with Crippen LogP contribution in [0.2, 0.25) is 0 Å². The van der Waals surface area contributed by atoms with E-state index < -0.39 is 12.1 Å². The van der Waals surface area contributed by atoms with Crippen molar-refractivity contribution in [2.75, 3.05) is 13.2 Å². The van der Waals surface area contributed by atoms with Gasteiger partial charge in [-0.05, 0) is 70.6 Å². The lowest BCUT2D eigenvalue weighted by atomic mass is 10.0. The van der Waals surface area contributed by atoms with Crippen molar-refractivity contribution >= 4 is 11.9 Å². The average molecular weight is 762 g/mol. The highest BCUT2D eigenvalue weighted by molar-refractivity contribution is 5.76. The van der Waals surface area contributed by atoms with Gasteiger partial charge >= 0.3 is 5.97 Å². The standard InChI is InChI=1S/C48H91NO5/c1-3-5-7-9-11-13-15-16-17-18-19-20-21-22-26-30-34-38-42-48(53)54-43-39-35-31-27-23-25-29-33-37-41-47(52)49-45(44-50)46(51)40-36-32-28-24-14-12-10-8-6-4-2/h17-18,25,29,45-46,50-51H,3-16,19-24,26-28,30-44H2,1-2H3,(H,49,52)/b18-17-,29-25-. The van der Waals surface area contributed by atoms with Gasteiger partial charge in [0.25, 0.3) is 0 Å². The molecule has 0 aliphatic carbocycles. The second kappa shape index (κ2) is 44.1. The van der Waals surface area contributed by atoms with Gasteiger partial charge < -0.3 is 20.3 Å². The Balaban J connectivity index is 3.52. The number of amides is 1. The van der Waals surface area contributed by atoms with Crippen LogP contribution >= 0.6 is 0 Å². The van der Waals surface area contributed by atoms with Crippen LogP contribution in [-0.4, -0.2) is 47.4 Å². The zero-order valence-electron chi connectivity index (χ0n) is 36.0. The van der Waals surface area contributed by atoms with Crippen LogP contribution in [0.15, 0.2) is 24.3 Å². The number of hydrogen-bond acceptors (Lipinski definition) is 5.